The van der Waals surface area contributed by atoms with Crippen molar-refractivity contribution in [3.8, 4) is 0 Å². The molecule has 110 valence electrons. The van der Waals surface area contributed by atoms with Crippen molar-refractivity contribution in [3.05, 3.63) is 30.5 Å². The highest BCUT2D eigenvalue weighted by Gasteiger charge is 2.09. The van der Waals surface area contributed by atoms with Crippen molar-refractivity contribution in [3.63, 3.8) is 0 Å². The van der Waals surface area contributed by atoms with Crippen molar-refractivity contribution < 1.29 is 4.42 Å². The number of aromatic nitrogens is 4. The summed E-state index contributed by atoms with van der Waals surface area (Å²) in [5.74, 6) is 2.19. The third kappa shape index (κ3) is 3.11. The zero-order valence-corrected chi connectivity index (χ0v) is 11.5. The van der Waals surface area contributed by atoms with E-state index in [4.69, 9.17) is 10.2 Å². The third-order valence-corrected chi connectivity index (χ3v) is 2.97. The Bertz CT molecular complexity index is 692. The molecular weight excluding hydrogens is 270 g/mol. The lowest BCUT2D eigenvalue weighted by Crippen LogP contribution is -2.09. The van der Waals surface area contributed by atoms with Crippen molar-refractivity contribution in [2.75, 3.05) is 23.7 Å². The van der Waals surface area contributed by atoms with Crippen LogP contribution in [0.25, 0.3) is 11.2 Å². The highest BCUT2D eigenvalue weighted by molar-refractivity contribution is 5.84. The van der Waals surface area contributed by atoms with Crippen LogP contribution in [0.5, 0.6) is 0 Å². The van der Waals surface area contributed by atoms with E-state index >= 15 is 0 Å². The van der Waals surface area contributed by atoms with E-state index in [0.717, 1.165) is 24.2 Å². The fourth-order valence-electron chi connectivity index (χ4n) is 1.94. The summed E-state index contributed by atoms with van der Waals surface area (Å²) < 4.78 is 5.28. The van der Waals surface area contributed by atoms with E-state index in [-0.39, 0.29) is 0 Å². The summed E-state index contributed by atoms with van der Waals surface area (Å²) in [6.45, 7) is 1.95. The molecule has 5 N–H and O–H groups in total. The summed E-state index contributed by atoms with van der Waals surface area (Å²) in [7, 11) is 0. The predicted molar refractivity (Wildman–Crippen MR) is 79.9 cm³/mol. The van der Waals surface area contributed by atoms with Crippen LogP contribution in [0.1, 0.15) is 12.2 Å². The maximum Gasteiger partial charge on any atom is 0.202 e. The monoisotopic (exact) mass is 287 g/mol. The summed E-state index contributed by atoms with van der Waals surface area (Å²) in [6.07, 6.45) is 4.01. The van der Waals surface area contributed by atoms with Crippen LogP contribution < -0.4 is 16.4 Å². The molecule has 8 nitrogen and oxygen atoms in total. The standard InChI is InChI=1S/C13H17N7O/c14-4-2-5-15-13-19-10-11(17-8-18-12(10)20-13)16-7-9-3-1-6-21-9/h1,3,6,8H,2,4-5,7,14H2,(H3,15,16,17,18,19,20). The number of imidazole rings is 1. The van der Waals surface area contributed by atoms with Gasteiger partial charge in [0.15, 0.2) is 11.5 Å². The molecule has 0 aliphatic carbocycles. The molecule has 3 aromatic heterocycles. The van der Waals surface area contributed by atoms with Gasteiger partial charge in [0, 0.05) is 6.54 Å². The number of fused-ring (bicyclic) bond motifs is 1. The Morgan fingerprint density at radius 3 is 3.05 bits per heavy atom. The van der Waals surface area contributed by atoms with Gasteiger partial charge in [0.2, 0.25) is 5.95 Å². The molecule has 0 amide bonds. The van der Waals surface area contributed by atoms with E-state index in [9.17, 15) is 0 Å². The van der Waals surface area contributed by atoms with Gasteiger partial charge in [-0.05, 0) is 25.1 Å². The number of nitrogens with two attached hydrogens (primary N) is 1. The fourth-order valence-corrected chi connectivity index (χ4v) is 1.94. The quantitative estimate of drug-likeness (QED) is 0.484. The largest absolute Gasteiger partial charge is 0.467 e. The van der Waals surface area contributed by atoms with E-state index in [1.54, 1.807) is 6.26 Å². The summed E-state index contributed by atoms with van der Waals surface area (Å²) in [5, 5.41) is 6.38. The van der Waals surface area contributed by atoms with Crippen molar-refractivity contribution in [2.24, 2.45) is 5.73 Å². The number of furan rings is 1. The van der Waals surface area contributed by atoms with E-state index in [2.05, 4.69) is 30.6 Å². The second kappa shape index (κ2) is 6.23. The van der Waals surface area contributed by atoms with E-state index in [1.807, 2.05) is 12.1 Å². The molecule has 0 bridgehead atoms. The molecule has 8 heteroatoms. The molecule has 0 aromatic carbocycles. The van der Waals surface area contributed by atoms with Gasteiger partial charge in [-0.3, -0.25) is 0 Å². The second-order valence-corrected chi connectivity index (χ2v) is 4.51. The molecule has 0 aliphatic rings. The van der Waals surface area contributed by atoms with Crippen molar-refractivity contribution in [1.29, 1.82) is 0 Å². The maximum atomic E-state index is 5.47. The first-order valence-corrected chi connectivity index (χ1v) is 6.77. The van der Waals surface area contributed by atoms with Crippen molar-refractivity contribution in [1.82, 2.24) is 19.9 Å². The highest BCUT2D eigenvalue weighted by Crippen LogP contribution is 2.19. The lowest BCUT2D eigenvalue weighted by molar-refractivity contribution is 0.518. The number of hydrogen-bond donors (Lipinski definition) is 4. The predicted octanol–water partition coefficient (Wildman–Crippen LogP) is 1.32. The van der Waals surface area contributed by atoms with Crippen LogP contribution in [-0.4, -0.2) is 33.0 Å². The Morgan fingerprint density at radius 2 is 2.24 bits per heavy atom. The van der Waals surface area contributed by atoms with Crippen LogP contribution in [0, 0.1) is 0 Å². The zero-order valence-electron chi connectivity index (χ0n) is 11.5. The van der Waals surface area contributed by atoms with Gasteiger partial charge in [0.1, 0.15) is 17.6 Å². The average molecular weight is 287 g/mol. The van der Waals surface area contributed by atoms with Crippen LogP contribution in [0.4, 0.5) is 11.8 Å². The molecule has 0 saturated heterocycles. The van der Waals surface area contributed by atoms with E-state index < -0.39 is 0 Å². The van der Waals surface area contributed by atoms with Crippen LogP contribution in [0.3, 0.4) is 0 Å². The highest BCUT2D eigenvalue weighted by atomic mass is 16.3. The van der Waals surface area contributed by atoms with Crippen LogP contribution in [0.2, 0.25) is 0 Å². The zero-order chi connectivity index (χ0) is 14.5. The third-order valence-electron chi connectivity index (χ3n) is 2.97. The molecule has 0 aliphatic heterocycles. The number of nitrogens with zero attached hydrogens (tertiary/aromatic N) is 3. The van der Waals surface area contributed by atoms with Crippen LogP contribution in [0.15, 0.2) is 29.1 Å². The number of nitrogens with one attached hydrogen (secondary N) is 3. The number of hydrogen-bond acceptors (Lipinski definition) is 7. The Hall–Kier alpha value is -2.61. The molecule has 0 saturated carbocycles. The molecular formula is C13H17N7O. The Balaban J connectivity index is 1.75. The van der Waals surface area contributed by atoms with Gasteiger partial charge >= 0.3 is 0 Å². The summed E-state index contributed by atoms with van der Waals surface area (Å²) >= 11 is 0. The smallest absolute Gasteiger partial charge is 0.202 e. The minimum Gasteiger partial charge on any atom is -0.467 e. The van der Waals surface area contributed by atoms with E-state index in [0.29, 0.717) is 30.5 Å². The molecule has 3 aromatic rings. The van der Waals surface area contributed by atoms with Crippen molar-refractivity contribution in [2.45, 2.75) is 13.0 Å². The number of rotatable bonds is 7. The van der Waals surface area contributed by atoms with Gasteiger partial charge in [-0.1, -0.05) is 0 Å². The fraction of sp³-hybridized carbons (Fsp3) is 0.308. The molecule has 3 heterocycles. The van der Waals surface area contributed by atoms with Gasteiger partial charge in [-0.25, -0.2) is 9.97 Å². The van der Waals surface area contributed by atoms with Gasteiger partial charge in [-0.2, -0.15) is 4.98 Å². The number of H-pyrrole nitrogens is 1. The van der Waals surface area contributed by atoms with E-state index in [1.165, 1.54) is 6.33 Å². The molecule has 3 rings (SSSR count). The molecule has 0 radical (unpaired) electrons. The molecule has 0 fully saturated rings. The lowest BCUT2D eigenvalue weighted by atomic mass is 10.4. The van der Waals surface area contributed by atoms with Gasteiger partial charge in [0.25, 0.3) is 0 Å². The maximum absolute atomic E-state index is 5.47. The van der Waals surface area contributed by atoms with Crippen LogP contribution in [-0.2, 0) is 6.54 Å². The molecule has 0 spiro atoms. The molecule has 0 atom stereocenters. The number of anilines is 2. The second-order valence-electron chi connectivity index (χ2n) is 4.51. The minimum atomic E-state index is 0.550. The molecule has 21 heavy (non-hydrogen) atoms. The van der Waals surface area contributed by atoms with Gasteiger partial charge < -0.3 is 25.8 Å². The first kappa shape index (κ1) is 13.4. The Labute approximate surface area is 121 Å². The average Bonchev–Trinajstić information content (AvgIpc) is 3.14. The normalized spacial score (nSPS) is 10.9. The van der Waals surface area contributed by atoms with Gasteiger partial charge in [0.05, 0.1) is 12.8 Å². The lowest BCUT2D eigenvalue weighted by Gasteiger charge is -2.03. The SMILES string of the molecule is NCCCNc1nc2ncnc(NCc3ccco3)c2[nH]1. The van der Waals surface area contributed by atoms with Crippen LogP contribution >= 0.6 is 0 Å². The number of aromatic amines is 1. The first-order valence-electron chi connectivity index (χ1n) is 6.77. The minimum absolute atomic E-state index is 0.550. The summed E-state index contributed by atoms with van der Waals surface area (Å²) in [4.78, 5) is 15.9. The van der Waals surface area contributed by atoms with Gasteiger partial charge in [-0.15, -0.1) is 0 Å². The summed E-state index contributed by atoms with van der Waals surface area (Å²) in [5.41, 5.74) is 6.84. The Kier molecular flexibility index (Phi) is 3.97. The topological polar surface area (TPSA) is 118 Å². The Morgan fingerprint density at radius 1 is 1.29 bits per heavy atom. The first-order chi connectivity index (χ1) is 10.4. The van der Waals surface area contributed by atoms with Crippen molar-refractivity contribution >= 4 is 22.9 Å². The summed E-state index contributed by atoms with van der Waals surface area (Å²) in [6, 6.07) is 3.75. The molecule has 0 unspecified atom stereocenters.